The van der Waals surface area contributed by atoms with Crippen LogP contribution < -0.4 is 4.74 Å². The maximum atomic E-state index is 5.78. The van der Waals surface area contributed by atoms with Crippen molar-refractivity contribution >= 4 is 36.4 Å². The molecule has 1 saturated heterocycles. The van der Waals surface area contributed by atoms with Gasteiger partial charge in [-0.3, -0.25) is 9.88 Å². The lowest BCUT2D eigenvalue weighted by Gasteiger charge is -2.37. The molecule has 0 aliphatic carbocycles. The number of rotatable bonds is 3. The second kappa shape index (κ2) is 7.17. The lowest BCUT2D eigenvalue weighted by molar-refractivity contribution is 0.0767. The van der Waals surface area contributed by atoms with E-state index in [2.05, 4.69) is 16.9 Å². The van der Waals surface area contributed by atoms with Gasteiger partial charge in [0.2, 0.25) is 0 Å². The van der Waals surface area contributed by atoms with Crippen LogP contribution in [0.1, 0.15) is 6.42 Å². The Bertz CT molecular complexity index is 325. The summed E-state index contributed by atoms with van der Waals surface area (Å²) in [6.45, 7) is 1.89. The van der Waals surface area contributed by atoms with E-state index in [4.69, 9.17) is 16.3 Å². The number of hydrogen-bond acceptors (Lipinski definition) is 3. The molecule has 2 rings (SSSR count). The molecule has 1 aromatic heterocycles. The molecule has 1 aliphatic rings. The number of ether oxygens (including phenoxy) is 1. The van der Waals surface area contributed by atoms with Crippen LogP contribution >= 0.6 is 36.4 Å². The first kappa shape index (κ1) is 15.8. The number of hydrogen-bond donors (Lipinski definition) is 0. The summed E-state index contributed by atoms with van der Waals surface area (Å²) in [6, 6.07) is 2.33. The number of likely N-dealkylation sites (tertiary alicyclic amines) is 1. The predicted octanol–water partition coefficient (Wildman–Crippen LogP) is 2.66. The molecular formula is C10H15Cl3N2O. The van der Waals surface area contributed by atoms with E-state index in [9.17, 15) is 0 Å². The molecule has 0 saturated carbocycles. The first-order valence-electron chi connectivity index (χ1n) is 4.69. The first-order chi connectivity index (χ1) is 6.75. The fourth-order valence-electron chi connectivity index (χ4n) is 1.44. The minimum Gasteiger partial charge on any atom is -0.490 e. The highest BCUT2D eigenvalue weighted by Crippen LogP contribution is 2.18. The van der Waals surface area contributed by atoms with Crippen molar-refractivity contribution in [1.82, 2.24) is 9.88 Å². The molecule has 6 heteroatoms. The smallest absolute Gasteiger partial charge is 0.139 e. The van der Waals surface area contributed by atoms with Crippen molar-refractivity contribution in [3.8, 4) is 5.75 Å². The Hall–Kier alpha value is -0.220. The number of nitrogens with zero attached hydrogens (tertiary/aromatic N) is 2. The van der Waals surface area contributed by atoms with E-state index in [1.54, 1.807) is 18.5 Å². The molecule has 16 heavy (non-hydrogen) atoms. The Balaban J connectivity index is 0.00000112. The maximum Gasteiger partial charge on any atom is 0.139 e. The summed E-state index contributed by atoms with van der Waals surface area (Å²) in [5.41, 5.74) is 0. The van der Waals surface area contributed by atoms with Gasteiger partial charge in [0.15, 0.2) is 0 Å². The molecular weight excluding hydrogens is 270 g/mol. The summed E-state index contributed by atoms with van der Waals surface area (Å²) >= 11 is 5.78. The molecule has 1 aromatic rings. The maximum absolute atomic E-state index is 5.78. The number of likely N-dealkylation sites (N-methyl/N-ethyl adjacent to an activating group) is 1. The Morgan fingerprint density at radius 3 is 2.75 bits per heavy atom. The zero-order chi connectivity index (χ0) is 9.97. The quantitative estimate of drug-likeness (QED) is 0.854. The monoisotopic (exact) mass is 284 g/mol. The van der Waals surface area contributed by atoms with Gasteiger partial charge in [-0.15, -0.1) is 24.8 Å². The van der Waals surface area contributed by atoms with Gasteiger partial charge in [0, 0.05) is 18.3 Å². The van der Waals surface area contributed by atoms with E-state index in [-0.39, 0.29) is 24.8 Å². The lowest BCUT2D eigenvalue weighted by atomic mass is 10.1. The highest BCUT2D eigenvalue weighted by atomic mass is 35.5. The van der Waals surface area contributed by atoms with Gasteiger partial charge in [-0.25, -0.2) is 0 Å². The molecule has 92 valence electrons. The molecule has 1 aliphatic heterocycles. The van der Waals surface area contributed by atoms with Crippen molar-refractivity contribution in [2.24, 2.45) is 0 Å². The van der Waals surface area contributed by atoms with Gasteiger partial charge >= 0.3 is 0 Å². The lowest BCUT2D eigenvalue weighted by Crippen LogP contribution is -2.48. The third-order valence-corrected chi connectivity index (χ3v) is 2.77. The fourth-order valence-corrected chi connectivity index (χ4v) is 1.61. The molecule has 1 atom stereocenters. The first-order valence-corrected chi connectivity index (χ1v) is 5.07. The van der Waals surface area contributed by atoms with Gasteiger partial charge in [0.25, 0.3) is 0 Å². The van der Waals surface area contributed by atoms with Crippen LogP contribution in [0, 0.1) is 0 Å². The van der Waals surface area contributed by atoms with Crippen LogP contribution in [-0.4, -0.2) is 36.1 Å². The van der Waals surface area contributed by atoms with Gasteiger partial charge < -0.3 is 4.74 Å². The summed E-state index contributed by atoms with van der Waals surface area (Å²) in [4.78, 5) is 6.23. The van der Waals surface area contributed by atoms with Crippen LogP contribution in [0.4, 0.5) is 0 Å². The molecule has 3 nitrogen and oxygen atoms in total. The minimum atomic E-state index is 0. The Morgan fingerprint density at radius 1 is 1.50 bits per heavy atom. The van der Waals surface area contributed by atoms with Crippen LogP contribution in [0.2, 0.25) is 5.02 Å². The van der Waals surface area contributed by atoms with E-state index >= 15 is 0 Å². The summed E-state index contributed by atoms with van der Waals surface area (Å²) in [6.07, 6.45) is 4.50. The normalized spacial score (nSPS) is 19.0. The van der Waals surface area contributed by atoms with Gasteiger partial charge in [0.05, 0.1) is 11.2 Å². The van der Waals surface area contributed by atoms with E-state index in [1.165, 1.54) is 13.0 Å². The largest absolute Gasteiger partial charge is 0.490 e. The van der Waals surface area contributed by atoms with E-state index < -0.39 is 0 Å². The molecule has 0 spiro atoms. The Labute approximate surface area is 113 Å². The minimum absolute atomic E-state index is 0. The molecule has 0 unspecified atom stereocenters. The van der Waals surface area contributed by atoms with Crippen molar-refractivity contribution in [3.63, 3.8) is 0 Å². The number of halogens is 3. The SMILES string of the molecule is CN1CC[C@H]1COc1cncc(Cl)c1.Cl.Cl. The van der Waals surface area contributed by atoms with Gasteiger partial charge in [-0.2, -0.15) is 0 Å². The summed E-state index contributed by atoms with van der Waals surface area (Å²) in [5, 5.41) is 0.615. The van der Waals surface area contributed by atoms with Crippen molar-refractivity contribution in [2.45, 2.75) is 12.5 Å². The highest BCUT2D eigenvalue weighted by molar-refractivity contribution is 6.30. The Morgan fingerprint density at radius 2 is 2.25 bits per heavy atom. The van der Waals surface area contributed by atoms with Crippen LogP contribution in [-0.2, 0) is 0 Å². The fraction of sp³-hybridized carbons (Fsp3) is 0.500. The van der Waals surface area contributed by atoms with Gasteiger partial charge in [-0.05, 0) is 20.0 Å². The second-order valence-electron chi connectivity index (χ2n) is 3.57. The molecule has 0 aromatic carbocycles. The standard InChI is InChI=1S/C10H13ClN2O.2ClH/c1-13-3-2-9(13)7-14-10-4-8(11)5-12-6-10;;/h4-6,9H,2-3,7H2,1H3;2*1H/t9-;;/m0../s1. The van der Waals surface area contributed by atoms with Gasteiger partial charge in [-0.1, -0.05) is 11.6 Å². The summed E-state index contributed by atoms with van der Waals surface area (Å²) < 4.78 is 5.57. The van der Waals surface area contributed by atoms with Crippen molar-refractivity contribution in [1.29, 1.82) is 0 Å². The van der Waals surface area contributed by atoms with Gasteiger partial charge in [0.1, 0.15) is 12.4 Å². The third kappa shape index (κ3) is 3.98. The zero-order valence-electron chi connectivity index (χ0n) is 8.93. The highest BCUT2D eigenvalue weighted by Gasteiger charge is 2.24. The average Bonchev–Trinajstić information content (AvgIpc) is 2.16. The second-order valence-corrected chi connectivity index (χ2v) is 4.01. The van der Waals surface area contributed by atoms with E-state index in [1.807, 2.05) is 0 Å². The molecule has 2 heterocycles. The van der Waals surface area contributed by atoms with Crippen LogP contribution in [0.25, 0.3) is 0 Å². The molecule has 0 amide bonds. The average molecular weight is 286 g/mol. The predicted molar refractivity (Wildman–Crippen MR) is 70.3 cm³/mol. The molecule has 1 fully saturated rings. The Kier molecular flexibility index (Phi) is 7.07. The van der Waals surface area contributed by atoms with Crippen molar-refractivity contribution in [3.05, 3.63) is 23.5 Å². The topological polar surface area (TPSA) is 25.4 Å². The van der Waals surface area contributed by atoms with E-state index in [0.29, 0.717) is 11.1 Å². The molecule has 0 N–H and O–H groups in total. The molecule has 0 radical (unpaired) electrons. The van der Waals surface area contributed by atoms with E-state index in [0.717, 1.165) is 12.4 Å². The number of pyridine rings is 1. The third-order valence-electron chi connectivity index (χ3n) is 2.56. The van der Waals surface area contributed by atoms with Crippen LogP contribution in [0.3, 0.4) is 0 Å². The summed E-state index contributed by atoms with van der Waals surface area (Å²) in [5.74, 6) is 0.748. The molecule has 0 bridgehead atoms. The van der Waals surface area contributed by atoms with Crippen molar-refractivity contribution in [2.75, 3.05) is 20.2 Å². The zero-order valence-corrected chi connectivity index (χ0v) is 11.3. The van der Waals surface area contributed by atoms with Crippen LogP contribution in [0.5, 0.6) is 5.75 Å². The van der Waals surface area contributed by atoms with Crippen molar-refractivity contribution < 1.29 is 4.74 Å². The summed E-state index contributed by atoms with van der Waals surface area (Å²) in [7, 11) is 2.10. The number of aromatic nitrogens is 1. The van der Waals surface area contributed by atoms with Crippen LogP contribution in [0.15, 0.2) is 18.5 Å².